The topological polar surface area (TPSA) is 47.9 Å². The molecule has 2 N–H and O–H groups in total. The predicted molar refractivity (Wildman–Crippen MR) is 92.9 cm³/mol. The fourth-order valence-electron chi connectivity index (χ4n) is 2.96. The Morgan fingerprint density at radius 2 is 2.14 bits per heavy atom. The molecular weight excluding hydrogens is 338 g/mol. The van der Waals surface area contributed by atoms with Gasteiger partial charge in [0.2, 0.25) is 0 Å². The van der Waals surface area contributed by atoms with Crippen LogP contribution in [-0.2, 0) is 6.42 Å². The summed E-state index contributed by atoms with van der Waals surface area (Å²) in [5.41, 5.74) is 4.43. The van der Waals surface area contributed by atoms with Crippen LogP contribution in [-0.4, -0.2) is 13.1 Å². The summed E-state index contributed by atoms with van der Waals surface area (Å²) in [6, 6.07) is 17.0. The largest absolute Gasteiger partial charge is 0.384 e. The molecule has 0 saturated heterocycles. The predicted octanol–water partition coefficient (Wildman–Crippen LogP) is 4.01. The van der Waals surface area contributed by atoms with Crippen molar-refractivity contribution in [1.82, 2.24) is 5.32 Å². The molecule has 0 spiro atoms. The van der Waals surface area contributed by atoms with Gasteiger partial charge >= 0.3 is 0 Å². The lowest BCUT2D eigenvalue weighted by atomic mass is 9.92. The smallest absolute Gasteiger partial charge is 0.101 e. The van der Waals surface area contributed by atoms with Crippen LogP contribution in [0.3, 0.4) is 0 Å². The number of halogens is 1. The minimum Gasteiger partial charge on any atom is -0.384 e. The quantitative estimate of drug-likeness (QED) is 0.870. The zero-order chi connectivity index (χ0) is 15.4. The molecule has 0 radical (unpaired) electrons. The lowest BCUT2D eigenvalue weighted by Gasteiger charge is -2.27. The second kappa shape index (κ2) is 6.95. The van der Waals surface area contributed by atoms with Gasteiger partial charge in [-0.2, -0.15) is 5.26 Å². The van der Waals surface area contributed by atoms with Gasteiger partial charge < -0.3 is 10.6 Å². The van der Waals surface area contributed by atoms with E-state index in [1.165, 1.54) is 11.1 Å². The van der Waals surface area contributed by atoms with Crippen LogP contribution in [0.1, 0.15) is 29.2 Å². The molecule has 2 aromatic rings. The monoisotopic (exact) mass is 355 g/mol. The Morgan fingerprint density at radius 1 is 1.27 bits per heavy atom. The van der Waals surface area contributed by atoms with Crippen molar-refractivity contribution >= 4 is 21.6 Å². The molecule has 22 heavy (non-hydrogen) atoms. The number of hydrogen-bond donors (Lipinski definition) is 2. The lowest BCUT2D eigenvalue weighted by molar-refractivity contribution is 0.485. The fraction of sp³-hybridized carbons (Fsp3) is 0.278. The van der Waals surface area contributed by atoms with Crippen LogP contribution in [0.4, 0.5) is 5.69 Å². The van der Waals surface area contributed by atoms with Gasteiger partial charge in [0, 0.05) is 17.1 Å². The molecule has 1 atom stereocenters. The Morgan fingerprint density at radius 3 is 3.00 bits per heavy atom. The maximum Gasteiger partial charge on any atom is 0.101 e. The molecule has 0 aliphatic carbocycles. The molecule has 0 bridgehead atoms. The number of hydrogen-bond acceptors (Lipinski definition) is 3. The van der Waals surface area contributed by atoms with Crippen molar-refractivity contribution in [3.63, 3.8) is 0 Å². The number of rotatable bonds is 4. The third kappa shape index (κ3) is 3.32. The first-order chi connectivity index (χ1) is 10.8. The average Bonchev–Trinajstić information content (AvgIpc) is 2.56. The minimum absolute atomic E-state index is 0.387. The molecule has 1 unspecified atom stereocenters. The molecule has 0 fully saturated rings. The summed E-state index contributed by atoms with van der Waals surface area (Å²) < 4.78 is 0.928. The van der Waals surface area contributed by atoms with E-state index in [2.05, 4.69) is 56.9 Å². The Bertz CT molecular complexity index is 706. The van der Waals surface area contributed by atoms with Gasteiger partial charge in [-0.25, -0.2) is 0 Å². The molecule has 2 aromatic carbocycles. The molecule has 4 heteroatoms. The average molecular weight is 356 g/mol. The third-order valence-electron chi connectivity index (χ3n) is 4.07. The molecule has 1 aliphatic heterocycles. The minimum atomic E-state index is 0.387. The van der Waals surface area contributed by atoms with Gasteiger partial charge in [-0.15, -0.1) is 0 Å². The summed E-state index contributed by atoms with van der Waals surface area (Å²) in [6.45, 7) is 1.87. The maximum absolute atomic E-state index is 9.20. The van der Waals surface area contributed by atoms with Crippen LogP contribution in [0.25, 0.3) is 0 Å². The van der Waals surface area contributed by atoms with Gasteiger partial charge in [-0.3, -0.25) is 0 Å². The van der Waals surface area contributed by atoms with Crippen molar-refractivity contribution < 1.29 is 0 Å². The van der Waals surface area contributed by atoms with Crippen LogP contribution in [0.15, 0.2) is 46.9 Å². The van der Waals surface area contributed by atoms with Gasteiger partial charge in [-0.05, 0) is 48.7 Å². The highest BCUT2D eigenvalue weighted by molar-refractivity contribution is 9.10. The molecular formula is C18H18BrN3. The lowest BCUT2D eigenvalue weighted by Crippen LogP contribution is -2.31. The summed E-state index contributed by atoms with van der Waals surface area (Å²) in [7, 11) is 0. The number of anilines is 1. The normalized spacial score (nSPS) is 16.6. The number of nitrogens with zero attached hydrogens (tertiary/aromatic N) is 1. The summed E-state index contributed by atoms with van der Waals surface area (Å²) >= 11 is 3.40. The SMILES string of the molecule is N#Cc1cc(Br)ccc1NCCC1NCCc2ccccc21. The first kappa shape index (κ1) is 15.1. The van der Waals surface area contributed by atoms with Gasteiger partial charge in [0.05, 0.1) is 11.3 Å². The van der Waals surface area contributed by atoms with E-state index >= 15 is 0 Å². The van der Waals surface area contributed by atoms with Crippen LogP contribution >= 0.6 is 15.9 Å². The standard InChI is InChI=1S/C18H18BrN3/c19-15-5-6-17(14(11-15)12-20)21-10-8-18-16-4-2-1-3-13(16)7-9-22-18/h1-6,11,18,21-22H,7-10H2. The molecule has 0 amide bonds. The Kier molecular flexibility index (Phi) is 4.77. The molecule has 1 aliphatic rings. The van der Waals surface area contributed by atoms with E-state index in [4.69, 9.17) is 0 Å². The first-order valence-electron chi connectivity index (χ1n) is 7.52. The van der Waals surface area contributed by atoms with E-state index in [0.717, 1.165) is 36.1 Å². The van der Waals surface area contributed by atoms with Gasteiger partial charge in [0.1, 0.15) is 6.07 Å². The fourth-order valence-corrected chi connectivity index (χ4v) is 3.33. The first-order valence-corrected chi connectivity index (χ1v) is 8.32. The van der Waals surface area contributed by atoms with E-state index in [1.54, 1.807) is 0 Å². The highest BCUT2D eigenvalue weighted by Crippen LogP contribution is 2.26. The summed E-state index contributed by atoms with van der Waals surface area (Å²) in [6.07, 6.45) is 2.10. The van der Waals surface area contributed by atoms with E-state index in [9.17, 15) is 5.26 Å². The zero-order valence-electron chi connectivity index (χ0n) is 12.3. The highest BCUT2D eigenvalue weighted by atomic mass is 79.9. The molecule has 112 valence electrons. The van der Waals surface area contributed by atoms with E-state index in [0.29, 0.717) is 11.6 Å². The van der Waals surface area contributed by atoms with Crippen molar-refractivity contribution in [2.75, 3.05) is 18.4 Å². The Labute approximate surface area is 139 Å². The van der Waals surface area contributed by atoms with Crippen molar-refractivity contribution in [1.29, 1.82) is 5.26 Å². The van der Waals surface area contributed by atoms with Crippen molar-refractivity contribution in [3.05, 3.63) is 63.6 Å². The van der Waals surface area contributed by atoms with Gasteiger partial charge in [-0.1, -0.05) is 40.2 Å². The van der Waals surface area contributed by atoms with Crippen LogP contribution < -0.4 is 10.6 Å². The Balaban J connectivity index is 1.64. The van der Waals surface area contributed by atoms with E-state index in [1.807, 2.05) is 18.2 Å². The van der Waals surface area contributed by atoms with Crippen molar-refractivity contribution in [2.45, 2.75) is 18.9 Å². The molecule has 3 rings (SSSR count). The van der Waals surface area contributed by atoms with Crippen LogP contribution in [0.2, 0.25) is 0 Å². The van der Waals surface area contributed by atoms with Gasteiger partial charge in [0.25, 0.3) is 0 Å². The molecule has 1 heterocycles. The van der Waals surface area contributed by atoms with Crippen LogP contribution in [0.5, 0.6) is 0 Å². The highest BCUT2D eigenvalue weighted by Gasteiger charge is 2.18. The zero-order valence-corrected chi connectivity index (χ0v) is 13.9. The van der Waals surface area contributed by atoms with Gasteiger partial charge in [0.15, 0.2) is 0 Å². The number of nitrogens with one attached hydrogen (secondary N) is 2. The van der Waals surface area contributed by atoms with E-state index < -0.39 is 0 Å². The Hall–Kier alpha value is -1.83. The maximum atomic E-state index is 9.20. The second-order valence-corrected chi connectivity index (χ2v) is 6.39. The van der Waals surface area contributed by atoms with Crippen molar-refractivity contribution in [2.24, 2.45) is 0 Å². The van der Waals surface area contributed by atoms with Crippen LogP contribution in [0, 0.1) is 11.3 Å². The van der Waals surface area contributed by atoms with E-state index in [-0.39, 0.29) is 0 Å². The number of benzene rings is 2. The number of fused-ring (bicyclic) bond motifs is 1. The summed E-state index contributed by atoms with van der Waals surface area (Å²) in [4.78, 5) is 0. The molecule has 0 saturated carbocycles. The third-order valence-corrected chi connectivity index (χ3v) is 4.56. The number of nitriles is 1. The summed E-state index contributed by atoms with van der Waals surface area (Å²) in [5, 5.41) is 16.2. The molecule has 3 nitrogen and oxygen atoms in total. The summed E-state index contributed by atoms with van der Waals surface area (Å²) in [5.74, 6) is 0. The second-order valence-electron chi connectivity index (χ2n) is 5.47. The molecule has 0 aromatic heterocycles. The van der Waals surface area contributed by atoms with Crippen molar-refractivity contribution in [3.8, 4) is 6.07 Å².